The van der Waals surface area contributed by atoms with Gasteiger partial charge in [0.05, 0.1) is 36.0 Å². The Morgan fingerprint density at radius 2 is 1.70 bits per heavy atom. The van der Waals surface area contributed by atoms with E-state index < -0.39 is 45.4 Å². The second-order valence-corrected chi connectivity index (χ2v) is 15.4. The van der Waals surface area contributed by atoms with Gasteiger partial charge in [-0.05, 0) is 79.1 Å². The van der Waals surface area contributed by atoms with Crippen LogP contribution in [0.25, 0.3) is 0 Å². The third-order valence-electron chi connectivity index (χ3n) is 8.99. The lowest BCUT2D eigenvalue weighted by molar-refractivity contribution is -0.180. The minimum atomic E-state index is -3.92. The van der Waals surface area contributed by atoms with Crippen molar-refractivity contribution in [2.45, 2.75) is 68.6 Å². The lowest BCUT2D eigenvalue weighted by atomic mass is 9.89. The largest absolute Gasteiger partial charge is 0.425 e. The number of carbonyl (C=O) groups is 1. The van der Waals surface area contributed by atoms with Gasteiger partial charge in [-0.15, -0.1) is 10.2 Å². The lowest BCUT2D eigenvalue weighted by Gasteiger charge is -2.49. The number of morpholine rings is 1. The van der Waals surface area contributed by atoms with Gasteiger partial charge in [-0.2, -0.15) is 0 Å². The van der Waals surface area contributed by atoms with E-state index in [9.17, 15) is 13.2 Å². The summed E-state index contributed by atoms with van der Waals surface area (Å²) in [5, 5.41) is 8.46. The molecule has 7 rings (SSSR count). The number of anilines is 1. The number of aromatic nitrogens is 2. The molecular weight excluding hydrogens is 666 g/mol. The summed E-state index contributed by atoms with van der Waals surface area (Å²) in [5.74, 6) is -0.430. The first-order valence-corrected chi connectivity index (χ1v) is 17.9. The van der Waals surface area contributed by atoms with Crippen molar-refractivity contribution in [1.82, 2.24) is 15.1 Å². The van der Waals surface area contributed by atoms with E-state index in [0.717, 1.165) is 24.0 Å². The van der Waals surface area contributed by atoms with Gasteiger partial charge in [0.2, 0.25) is 21.8 Å². The number of aryl methyl sites for hydroxylation is 1. The summed E-state index contributed by atoms with van der Waals surface area (Å²) < 4.78 is 56.9. The highest BCUT2D eigenvalue weighted by Gasteiger charge is 2.52. The molecule has 3 aliphatic rings. The molecule has 2 saturated carbocycles. The first-order chi connectivity index (χ1) is 22.6. The molecule has 13 heteroatoms. The van der Waals surface area contributed by atoms with E-state index in [4.69, 9.17) is 32.4 Å². The van der Waals surface area contributed by atoms with Gasteiger partial charge in [0.25, 0.3) is 5.91 Å². The molecule has 0 spiro atoms. The van der Waals surface area contributed by atoms with Gasteiger partial charge < -0.3 is 14.1 Å². The molecule has 2 heterocycles. The van der Waals surface area contributed by atoms with Crippen LogP contribution in [0.1, 0.15) is 60.7 Å². The van der Waals surface area contributed by atoms with Crippen LogP contribution in [0.2, 0.25) is 10.0 Å². The molecule has 2 aliphatic carbocycles. The zero-order valence-electron chi connectivity index (χ0n) is 25.5. The molecule has 1 aromatic heterocycles. The number of para-hydroxylation sites is 1. The molecule has 3 fully saturated rings. The molecular formula is C34H33Cl2FN4O5S. The zero-order chi connectivity index (χ0) is 32.9. The summed E-state index contributed by atoms with van der Waals surface area (Å²) >= 11 is 12.8. The monoisotopic (exact) mass is 698 g/mol. The summed E-state index contributed by atoms with van der Waals surface area (Å²) in [5.41, 5.74) is 1.44. The van der Waals surface area contributed by atoms with E-state index >= 15 is 4.39 Å². The van der Waals surface area contributed by atoms with Crippen LogP contribution in [0, 0.1) is 18.7 Å². The number of amides is 1. The highest BCUT2D eigenvalue weighted by molar-refractivity contribution is 7.93. The van der Waals surface area contributed by atoms with Crippen molar-refractivity contribution < 1.29 is 26.8 Å². The Balaban J connectivity index is 1.37. The summed E-state index contributed by atoms with van der Waals surface area (Å²) in [4.78, 5) is 16.6. The third kappa shape index (κ3) is 6.63. The van der Waals surface area contributed by atoms with Gasteiger partial charge >= 0.3 is 0 Å². The fourth-order valence-electron chi connectivity index (χ4n) is 6.44. The van der Waals surface area contributed by atoms with Crippen molar-refractivity contribution in [2.24, 2.45) is 5.92 Å². The Labute approximate surface area is 282 Å². The average Bonchev–Trinajstić information content (AvgIpc) is 3.98. The van der Waals surface area contributed by atoms with E-state index in [1.165, 1.54) is 22.5 Å². The number of carbonyl (C=O) groups excluding carboxylic acids is 1. The number of hydrogen-bond acceptors (Lipinski definition) is 7. The fraction of sp³-hybridized carbons (Fsp3) is 0.382. The molecule has 0 radical (unpaired) electrons. The quantitative estimate of drug-likeness (QED) is 0.169. The third-order valence-corrected chi connectivity index (χ3v) is 11.8. The van der Waals surface area contributed by atoms with Gasteiger partial charge in [0.1, 0.15) is 18.0 Å². The zero-order valence-corrected chi connectivity index (χ0v) is 27.8. The topological polar surface area (TPSA) is 106 Å². The van der Waals surface area contributed by atoms with Gasteiger partial charge in [0, 0.05) is 17.0 Å². The molecule has 1 amide bonds. The standard InChI is InChI=1S/C34H33Cl2FN4O5S/c1-20-38-39-31(45-20)18-30-34(42)41(32(22-11-13-24(35)14-12-22)33(46-30)23-5-4-6-25(36)17-23)29(21-9-10-21)19-40(47(43,44)26-15-16-26)28-8-3-2-7-27(28)37/h2-8,11-14,17,21,26,29-30,32-33H,9-10,15-16,18-19H2,1H3. The van der Waals surface area contributed by atoms with Crippen LogP contribution in [0.3, 0.4) is 0 Å². The number of benzene rings is 3. The number of sulfonamides is 1. The highest BCUT2D eigenvalue weighted by Crippen LogP contribution is 2.49. The minimum absolute atomic E-state index is 0.00929. The Morgan fingerprint density at radius 1 is 0.957 bits per heavy atom. The molecule has 4 aromatic rings. The minimum Gasteiger partial charge on any atom is -0.425 e. The molecule has 4 atom stereocenters. The first kappa shape index (κ1) is 32.1. The Morgan fingerprint density at radius 3 is 2.34 bits per heavy atom. The molecule has 1 saturated heterocycles. The maximum absolute atomic E-state index is 15.4. The first-order valence-electron chi connectivity index (χ1n) is 15.6. The second kappa shape index (κ2) is 12.8. The molecule has 9 nitrogen and oxygen atoms in total. The van der Waals surface area contributed by atoms with Crippen molar-refractivity contribution in [2.75, 3.05) is 10.8 Å². The van der Waals surface area contributed by atoms with E-state index in [0.29, 0.717) is 28.8 Å². The average molecular weight is 700 g/mol. The van der Waals surface area contributed by atoms with Crippen LogP contribution in [0.15, 0.2) is 77.2 Å². The smallest absolute Gasteiger partial charge is 0.253 e. The Hall–Kier alpha value is -3.51. The maximum atomic E-state index is 15.4. The highest BCUT2D eigenvalue weighted by atomic mass is 35.5. The molecule has 3 aromatic carbocycles. The fourth-order valence-corrected chi connectivity index (χ4v) is 8.64. The number of hydrogen-bond donors (Lipinski definition) is 0. The van der Waals surface area contributed by atoms with E-state index in [1.807, 2.05) is 24.3 Å². The van der Waals surface area contributed by atoms with E-state index in [1.54, 1.807) is 42.2 Å². The summed E-state index contributed by atoms with van der Waals surface area (Å²) in [6.07, 6.45) is 0.839. The van der Waals surface area contributed by atoms with Crippen LogP contribution >= 0.6 is 23.2 Å². The predicted molar refractivity (Wildman–Crippen MR) is 175 cm³/mol. The Bertz CT molecular complexity index is 1880. The van der Waals surface area contributed by atoms with Crippen LogP contribution in [-0.4, -0.2) is 53.4 Å². The summed E-state index contributed by atoms with van der Waals surface area (Å²) in [6.45, 7) is 1.55. The van der Waals surface area contributed by atoms with E-state index in [-0.39, 0.29) is 36.4 Å². The lowest BCUT2D eigenvalue weighted by Crippen LogP contribution is -2.59. The van der Waals surface area contributed by atoms with Crippen molar-refractivity contribution >= 4 is 44.8 Å². The van der Waals surface area contributed by atoms with Gasteiger partial charge in [-0.3, -0.25) is 9.10 Å². The molecule has 0 bridgehead atoms. The van der Waals surface area contributed by atoms with Gasteiger partial charge in [0.15, 0.2) is 0 Å². The van der Waals surface area contributed by atoms with E-state index in [2.05, 4.69) is 10.2 Å². The van der Waals surface area contributed by atoms with Crippen LogP contribution in [-0.2, 0) is 26.0 Å². The number of ether oxygens (including phenoxy) is 1. The SMILES string of the molecule is Cc1nnc(CC2OC(c3cccc(Cl)c3)C(c3ccc(Cl)cc3)N(C(CN(c3ccccc3F)S(=O)(=O)C3CC3)C3CC3)C2=O)o1. The van der Waals surface area contributed by atoms with Gasteiger partial charge in [-0.1, -0.05) is 59.6 Å². The molecule has 47 heavy (non-hydrogen) atoms. The van der Waals surface area contributed by atoms with Crippen molar-refractivity contribution in [3.05, 3.63) is 112 Å². The van der Waals surface area contributed by atoms with Crippen LogP contribution < -0.4 is 4.31 Å². The number of nitrogens with zero attached hydrogens (tertiary/aromatic N) is 4. The summed E-state index contributed by atoms with van der Waals surface area (Å²) in [7, 11) is -3.92. The van der Waals surface area contributed by atoms with Crippen molar-refractivity contribution in [3.8, 4) is 0 Å². The number of rotatable bonds is 11. The molecule has 0 N–H and O–H groups in total. The van der Waals surface area contributed by atoms with Gasteiger partial charge in [-0.25, -0.2) is 12.8 Å². The molecule has 246 valence electrons. The number of halogens is 3. The normalized spacial score (nSPS) is 22.3. The molecule has 4 unspecified atom stereocenters. The van der Waals surface area contributed by atoms with Crippen LogP contribution in [0.4, 0.5) is 10.1 Å². The van der Waals surface area contributed by atoms with Crippen LogP contribution in [0.5, 0.6) is 0 Å². The molecule has 1 aliphatic heterocycles. The van der Waals surface area contributed by atoms with Crippen molar-refractivity contribution in [3.63, 3.8) is 0 Å². The predicted octanol–water partition coefficient (Wildman–Crippen LogP) is 6.85. The maximum Gasteiger partial charge on any atom is 0.253 e. The Kier molecular flexibility index (Phi) is 8.75. The van der Waals surface area contributed by atoms with Crippen molar-refractivity contribution in [1.29, 1.82) is 0 Å². The summed E-state index contributed by atoms with van der Waals surface area (Å²) in [6, 6.07) is 19.0. The second-order valence-electron chi connectivity index (χ2n) is 12.4.